The molecule has 1 atom stereocenters. The van der Waals surface area contributed by atoms with Gasteiger partial charge in [0, 0.05) is 24.7 Å². The third-order valence-corrected chi connectivity index (χ3v) is 4.44. The number of aromatic nitrogens is 3. The molecule has 0 aliphatic carbocycles. The highest BCUT2D eigenvalue weighted by Gasteiger charge is 2.23. The van der Waals surface area contributed by atoms with E-state index in [0.29, 0.717) is 32.7 Å². The Balaban J connectivity index is 1.96. The number of ether oxygens (including phenoxy) is 1. The molecule has 0 aliphatic rings. The van der Waals surface area contributed by atoms with Crippen LogP contribution in [-0.4, -0.2) is 27.0 Å². The summed E-state index contributed by atoms with van der Waals surface area (Å²) in [5.41, 5.74) is 1.37. The van der Waals surface area contributed by atoms with Crippen LogP contribution in [0, 0.1) is 5.82 Å². The van der Waals surface area contributed by atoms with Gasteiger partial charge < -0.3 is 14.6 Å². The number of aryl methyl sites for hydroxylation is 1. The Hall–Kier alpha value is -2.45. The molecule has 2 aromatic heterocycles. The molecule has 1 unspecified atom stereocenters. The van der Waals surface area contributed by atoms with Crippen molar-refractivity contribution in [1.82, 2.24) is 20.3 Å². The van der Waals surface area contributed by atoms with Crippen molar-refractivity contribution in [2.75, 3.05) is 7.11 Å². The normalized spacial score (nSPS) is 12.0. The number of rotatable bonds is 5. The van der Waals surface area contributed by atoms with Crippen LogP contribution in [0.4, 0.5) is 4.39 Å². The summed E-state index contributed by atoms with van der Waals surface area (Å²) in [4.78, 5) is 0.321. The van der Waals surface area contributed by atoms with E-state index in [1.54, 1.807) is 31.4 Å². The van der Waals surface area contributed by atoms with E-state index in [1.165, 1.54) is 24.1 Å². The second kappa shape index (κ2) is 7.20. The molecule has 3 aromatic rings. The molecule has 1 aromatic carbocycles. The summed E-state index contributed by atoms with van der Waals surface area (Å²) in [5.74, 6) is -0.0435. The number of nitrogens with zero attached hydrogens (tertiary/aromatic N) is 3. The first-order chi connectivity index (χ1) is 12.0. The van der Waals surface area contributed by atoms with Crippen molar-refractivity contribution in [1.29, 1.82) is 0 Å². The van der Waals surface area contributed by atoms with Crippen LogP contribution in [0.3, 0.4) is 0 Å². The molecule has 25 heavy (non-hydrogen) atoms. The lowest BCUT2D eigenvalue weighted by molar-refractivity contribution is 0.403. The summed E-state index contributed by atoms with van der Waals surface area (Å²) in [6, 6.07) is 5.54. The largest absolute Gasteiger partial charge is 0.497 e. The van der Waals surface area contributed by atoms with Gasteiger partial charge in [0.2, 0.25) is 0 Å². The average molecular weight is 381 g/mol. The van der Waals surface area contributed by atoms with Crippen LogP contribution in [0.1, 0.15) is 22.9 Å². The van der Waals surface area contributed by atoms with E-state index in [2.05, 4.69) is 15.6 Å². The van der Waals surface area contributed by atoms with Gasteiger partial charge in [-0.1, -0.05) is 29.0 Å². The van der Waals surface area contributed by atoms with Gasteiger partial charge in [-0.25, -0.2) is 4.39 Å². The Morgan fingerprint density at radius 2 is 2.24 bits per heavy atom. The Morgan fingerprint density at radius 1 is 1.44 bits per heavy atom. The van der Waals surface area contributed by atoms with Crippen molar-refractivity contribution in [3.05, 3.63) is 64.5 Å². The van der Waals surface area contributed by atoms with Crippen molar-refractivity contribution in [2.24, 2.45) is 7.05 Å². The molecule has 0 amide bonds. The Bertz CT molecular complexity index is 898. The zero-order valence-electron chi connectivity index (χ0n) is 13.4. The van der Waals surface area contributed by atoms with Gasteiger partial charge in [0.1, 0.15) is 39.7 Å². The van der Waals surface area contributed by atoms with Gasteiger partial charge in [-0.2, -0.15) is 5.10 Å². The predicted molar refractivity (Wildman–Crippen MR) is 94.4 cm³/mol. The van der Waals surface area contributed by atoms with Crippen LogP contribution in [-0.2, 0) is 7.05 Å². The second-order valence-corrected chi connectivity index (χ2v) is 5.96. The number of thiocarbonyl (C=S) groups is 1. The van der Waals surface area contributed by atoms with Gasteiger partial charge >= 0.3 is 0 Å². The van der Waals surface area contributed by atoms with Gasteiger partial charge in [0.15, 0.2) is 0 Å². The third-order valence-electron chi connectivity index (χ3n) is 3.66. The minimum atomic E-state index is -0.659. The van der Waals surface area contributed by atoms with E-state index in [9.17, 15) is 4.39 Å². The minimum Gasteiger partial charge on any atom is -0.497 e. The van der Waals surface area contributed by atoms with Crippen LogP contribution >= 0.6 is 23.8 Å². The maximum atomic E-state index is 14.6. The van der Waals surface area contributed by atoms with Gasteiger partial charge in [-0.15, -0.1) is 0 Å². The van der Waals surface area contributed by atoms with Crippen molar-refractivity contribution in [3.63, 3.8) is 0 Å². The summed E-state index contributed by atoms with van der Waals surface area (Å²) < 4.78 is 26.0. The zero-order chi connectivity index (χ0) is 18.0. The molecule has 0 bridgehead atoms. The lowest BCUT2D eigenvalue weighted by atomic mass is 10.0. The molecule has 0 spiro atoms. The fraction of sp³-hybridized carbons (Fsp3) is 0.188. The van der Waals surface area contributed by atoms with E-state index in [0.717, 1.165) is 0 Å². The van der Waals surface area contributed by atoms with Crippen LogP contribution < -0.4 is 10.1 Å². The molecule has 1 N–H and O–H groups in total. The van der Waals surface area contributed by atoms with E-state index >= 15 is 0 Å². The molecule has 6 nitrogen and oxygen atoms in total. The molecule has 3 rings (SSSR count). The van der Waals surface area contributed by atoms with E-state index in [1.807, 2.05) is 0 Å². The van der Waals surface area contributed by atoms with Crippen molar-refractivity contribution in [3.8, 4) is 5.75 Å². The smallest absolute Gasteiger partial charge is 0.136 e. The molecule has 0 saturated heterocycles. The molecular weight excluding hydrogens is 367 g/mol. The molecular formula is C16H14ClFN4O2S. The van der Waals surface area contributed by atoms with Crippen LogP contribution in [0.25, 0.3) is 0 Å². The molecule has 0 radical (unpaired) electrons. The lowest BCUT2D eigenvalue weighted by Crippen LogP contribution is -2.29. The average Bonchev–Trinajstić information content (AvgIpc) is 3.24. The number of benzene rings is 1. The topological polar surface area (TPSA) is 65.1 Å². The van der Waals surface area contributed by atoms with Gasteiger partial charge in [-0.05, 0) is 12.1 Å². The van der Waals surface area contributed by atoms with Crippen molar-refractivity contribution >= 4 is 28.8 Å². The Labute approximate surface area is 153 Å². The summed E-state index contributed by atoms with van der Waals surface area (Å²) in [5, 5.41) is 11.4. The molecule has 2 heterocycles. The van der Waals surface area contributed by atoms with E-state index in [-0.39, 0.29) is 0 Å². The number of halogens is 2. The minimum absolute atomic E-state index is 0.321. The molecule has 9 heteroatoms. The van der Waals surface area contributed by atoms with Crippen molar-refractivity contribution < 1.29 is 13.7 Å². The Kier molecular flexibility index (Phi) is 5.00. The highest BCUT2D eigenvalue weighted by molar-refractivity contribution is 7.80. The summed E-state index contributed by atoms with van der Waals surface area (Å²) in [6.07, 6.45) is 2.95. The summed E-state index contributed by atoms with van der Waals surface area (Å²) in [7, 11) is 3.17. The number of hydrogen-bond acceptors (Lipinski definition) is 5. The van der Waals surface area contributed by atoms with Crippen molar-refractivity contribution in [2.45, 2.75) is 6.04 Å². The number of hydrogen-bond donors (Lipinski definition) is 1. The number of nitrogens with one attached hydrogen (secondary N) is 1. The predicted octanol–water partition coefficient (Wildman–Crippen LogP) is 3.26. The molecule has 0 saturated carbocycles. The standard InChI is InChI=1S/C16H14ClFN4O2S/c1-22-15(17)11(8-19-22)16(25)20-14(13-5-6-24-21-13)10-4-3-9(23-2)7-12(10)18/h3-8,14H,1-2H3,(H,20,25). The fourth-order valence-corrected chi connectivity index (χ4v) is 2.84. The van der Waals surface area contributed by atoms with Crippen LogP contribution in [0.5, 0.6) is 5.75 Å². The first kappa shape index (κ1) is 17.4. The molecule has 130 valence electrons. The zero-order valence-corrected chi connectivity index (χ0v) is 14.9. The monoisotopic (exact) mass is 380 g/mol. The Morgan fingerprint density at radius 3 is 2.80 bits per heavy atom. The molecule has 0 fully saturated rings. The number of methoxy groups -OCH3 is 1. The quantitative estimate of drug-likeness (QED) is 0.685. The highest BCUT2D eigenvalue weighted by Crippen LogP contribution is 2.27. The van der Waals surface area contributed by atoms with Crippen LogP contribution in [0.15, 0.2) is 41.2 Å². The highest BCUT2D eigenvalue weighted by atomic mass is 35.5. The molecule has 0 aliphatic heterocycles. The maximum absolute atomic E-state index is 14.6. The van der Waals surface area contributed by atoms with Crippen LogP contribution in [0.2, 0.25) is 5.15 Å². The lowest BCUT2D eigenvalue weighted by Gasteiger charge is -2.19. The van der Waals surface area contributed by atoms with Gasteiger partial charge in [0.05, 0.1) is 18.9 Å². The maximum Gasteiger partial charge on any atom is 0.136 e. The van der Waals surface area contributed by atoms with Gasteiger partial charge in [-0.3, -0.25) is 4.68 Å². The first-order valence-electron chi connectivity index (χ1n) is 7.23. The second-order valence-electron chi connectivity index (χ2n) is 5.19. The summed E-state index contributed by atoms with van der Waals surface area (Å²) in [6.45, 7) is 0. The third kappa shape index (κ3) is 3.49. The van der Waals surface area contributed by atoms with Gasteiger partial charge in [0.25, 0.3) is 0 Å². The SMILES string of the molecule is COc1ccc(C(NC(=S)c2cnn(C)c2Cl)c2ccon2)c(F)c1. The van der Waals surface area contributed by atoms with E-state index in [4.69, 9.17) is 33.1 Å². The summed E-state index contributed by atoms with van der Waals surface area (Å²) >= 11 is 11.6. The fourth-order valence-electron chi connectivity index (χ4n) is 2.33. The van der Waals surface area contributed by atoms with E-state index < -0.39 is 11.9 Å². The first-order valence-corrected chi connectivity index (χ1v) is 8.02.